The van der Waals surface area contributed by atoms with Crippen molar-refractivity contribution in [3.8, 4) is 0 Å². The van der Waals surface area contributed by atoms with Crippen molar-refractivity contribution in [2.45, 2.75) is 20.4 Å². The van der Waals surface area contributed by atoms with Crippen LogP contribution in [0.15, 0.2) is 36.4 Å². The van der Waals surface area contributed by atoms with Gasteiger partial charge >= 0.3 is 0 Å². The number of benzene rings is 2. The van der Waals surface area contributed by atoms with Gasteiger partial charge in [0.2, 0.25) is 0 Å². The second-order valence-corrected chi connectivity index (χ2v) is 5.09. The Hall–Kier alpha value is -2.03. The molecule has 0 aliphatic carbocycles. The average Bonchev–Trinajstić information content (AvgIpc) is 2.25. The molecule has 100 valence electrons. The third-order valence-corrected chi connectivity index (χ3v) is 3.05. The number of rotatable bonds is 3. The molecule has 0 spiro atoms. The van der Waals surface area contributed by atoms with Gasteiger partial charge in [-0.25, -0.2) is 4.39 Å². The van der Waals surface area contributed by atoms with Crippen LogP contribution in [0.5, 0.6) is 0 Å². The Balaban J connectivity index is 2.22. The summed E-state index contributed by atoms with van der Waals surface area (Å²) in [5, 5.41) is 0. The van der Waals surface area contributed by atoms with Crippen LogP contribution in [-0.2, 0) is 6.54 Å². The molecule has 0 heterocycles. The van der Waals surface area contributed by atoms with Gasteiger partial charge in [-0.2, -0.15) is 0 Å². The monoisotopic (exact) mass is 258 g/mol. The van der Waals surface area contributed by atoms with Crippen molar-refractivity contribution < 1.29 is 4.39 Å². The molecule has 0 saturated carbocycles. The van der Waals surface area contributed by atoms with Crippen LogP contribution >= 0.6 is 0 Å². The lowest BCUT2D eigenvalue weighted by Gasteiger charge is -2.21. The maximum absolute atomic E-state index is 13.3. The molecule has 2 aromatic carbocycles. The van der Waals surface area contributed by atoms with Crippen molar-refractivity contribution in [3.63, 3.8) is 0 Å². The first-order valence-corrected chi connectivity index (χ1v) is 6.28. The summed E-state index contributed by atoms with van der Waals surface area (Å²) < 4.78 is 13.3. The van der Waals surface area contributed by atoms with Crippen LogP contribution in [0.25, 0.3) is 0 Å². The summed E-state index contributed by atoms with van der Waals surface area (Å²) in [4.78, 5) is 2.09. The molecule has 0 aliphatic rings. The molecule has 0 aliphatic heterocycles. The van der Waals surface area contributed by atoms with Crippen LogP contribution < -0.4 is 10.6 Å². The van der Waals surface area contributed by atoms with Gasteiger partial charge in [-0.05, 0) is 60.9 Å². The summed E-state index contributed by atoms with van der Waals surface area (Å²) in [5.74, 6) is -0.288. The van der Waals surface area contributed by atoms with E-state index in [0.717, 1.165) is 11.3 Å². The number of hydrogen-bond donors (Lipinski definition) is 1. The van der Waals surface area contributed by atoms with Crippen LogP contribution in [0.3, 0.4) is 0 Å². The zero-order valence-corrected chi connectivity index (χ0v) is 11.6. The Morgan fingerprint density at radius 1 is 1.00 bits per heavy atom. The molecule has 0 bridgehead atoms. The van der Waals surface area contributed by atoms with E-state index in [4.69, 9.17) is 5.73 Å². The van der Waals surface area contributed by atoms with Crippen LogP contribution in [0.1, 0.15) is 16.7 Å². The first-order valence-electron chi connectivity index (χ1n) is 6.28. The number of nitrogens with zero attached hydrogens (tertiary/aromatic N) is 1. The second-order valence-electron chi connectivity index (χ2n) is 5.09. The molecule has 0 amide bonds. The van der Waals surface area contributed by atoms with Crippen molar-refractivity contribution in [2.75, 3.05) is 17.7 Å². The Morgan fingerprint density at radius 2 is 1.63 bits per heavy atom. The van der Waals surface area contributed by atoms with Gasteiger partial charge in [0, 0.05) is 25.0 Å². The lowest BCUT2D eigenvalue weighted by molar-refractivity contribution is 0.626. The molecular weight excluding hydrogens is 239 g/mol. The van der Waals surface area contributed by atoms with E-state index in [1.807, 2.05) is 13.1 Å². The number of nitrogens with two attached hydrogens (primary N) is 1. The zero-order valence-electron chi connectivity index (χ0n) is 11.6. The van der Waals surface area contributed by atoms with E-state index in [1.165, 1.54) is 23.3 Å². The molecule has 0 aromatic heterocycles. The van der Waals surface area contributed by atoms with Crippen molar-refractivity contribution in [1.29, 1.82) is 0 Å². The zero-order chi connectivity index (χ0) is 14.0. The van der Waals surface area contributed by atoms with Gasteiger partial charge in [-0.3, -0.25) is 0 Å². The van der Waals surface area contributed by atoms with Crippen molar-refractivity contribution in [2.24, 2.45) is 0 Å². The molecule has 0 unspecified atom stereocenters. The molecule has 2 aromatic rings. The number of halogens is 1. The van der Waals surface area contributed by atoms with Gasteiger partial charge in [0.05, 0.1) is 0 Å². The van der Waals surface area contributed by atoms with Crippen LogP contribution in [0.2, 0.25) is 0 Å². The Bertz CT molecular complexity index is 553. The molecule has 0 saturated heterocycles. The highest BCUT2D eigenvalue weighted by Gasteiger charge is 2.05. The van der Waals surface area contributed by atoms with E-state index >= 15 is 0 Å². The molecular formula is C16H19FN2. The van der Waals surface area contributed by atoms with E-state index in [9.17, 15) is 4.39 Å². The van der Waals surface area contributed by atoms with Gasteiger partial charge in [-0.1, -0.05) is 6.07 Å². The van der Waals surface area contributed by atoms with Gasteiger partial charge in [0.25, 0.3) is 0 Å². The van der Waals surface area contributed by atoms with Gasteiger partial charge < -0.3 is 10.6 Å². The largest absolute Gasteiger partial charge is 0.399 e. The fraction of sp³-hybridized carbons (Fsp3) is 0.250. The first kappa shape index (κ1) is 13.4. The highest BCUT2D eigenvalue weighted by molar-refractivity contribution is 5.51. The maximum Gasteiger partial charge on any atom is 0.125 e. The number of hydrogen-bond acceptors (Lipinski definition) is 2. The molecule has 2 rings (SSSR count). The van der Waals surface area contributed by atoms with E-state index in [2.05, 4.69) is 36.9 Å². The van der Waals surface area contributed by atoms with Crippen molar-refractivity contribution >= 4 is 11.4 Å². The van der Waals surface area contributed by atoms with E-state index in [1.54, 1.807) is 0 Å². The van der Waals surface area contributed by atoms with Crippen LogP contribution in [0, 0.1) is 19.7 Å². The summed E-state index contributed by atoms with van der Waals surface area (Å²) in [6.07, 6.45) is 0. The van der Waals surface area contributed by atoms with E-state index in [-0.39, 0.29) is 5.82 Å². The fourth-order valence-corrected chi connectivity index (χ4v) is 2.30. The predicted molar refractivity (Wildman–Crippen MR) is 78.8 cm³/mol. The third-order valence-electron chi connectivity index (χ3n) is 3.05. The third kappa shape index (κ3) is 3.47. The molecule has 3 heteroatoms. The minimum absolute atomic E-state index is 0.288. The molecule has 0 fully saturated rings. The highest BCUT2D eigenvalue weighted by atomic mass is 19.1. The maximum atomic E-state index is 13.3. The van der Waals surface area contributed by atoms with E-state index in [0.29, 0.717) is 12.2 Å². The molecule has 2 N–H and O–H groups in total. The summed E-state index contributed by atoms with van der Waals surface area (Å²) in [6, 6.07) is 11.0. The summed E-state index contributed by atoms with van der Waals surface area (Å²) in [7, 11) is 2.00. The van der Waals surface area contributed by atoms with Gasteiger partial charge in [0.1, 0.15) is 5.82 Å². The smallest absolute Gasteiger partial charge is 0.125 e. The Labute approximate surface area is 113 Å². The summed E-state index contributed by atoms with van der Waals surface area (Å²) >= 11 is 0. The standard InChI is InChI=1S/C16H19FN2/c1-11-4-12(2)6-16(5-11)19(3)10-13-7-14(17)9-15(18)8-13/h4-9H,10,18H2,1-3H3. The summed E-state index contributed by atoms with van der Waals surface area (Å²) in [6.45, 7) is 4.78. The lowest BCUT2D eigenvalue weighted by atomic mass is 10.1. The van der Waals surface area contributed by atoms with Crippen molar-refractivity contribution in [1.82, 2.24) is 0 Å². The van der Waals surface area contributed by atoms with Gasteiger partial charge in [0.15, 0.2) is 0 Å². The molecule has 2 nitrogen and oxygen atoms in total. The minimum atomic E-state index is -0.288. The molecule has 19 heavy (non-hydrogen) atoms. The highest BCUT2D eigenvalue weighted by Crippen LogP contribution is 2.20. The average molecular weight is 258 g/mol. The van der Waals surface area contributed by atoms with Crippen LogP contribution in [-0.4, -0.2) is 7.05 Å². The first-order chi connectivity index (χ1) is 8.94. The predicted octanol–water partition coefficient (Wildman–Crippen LogP) is 3.66. The summed E-state index contributed by atoms with van der Waals surface area (Å²) in [5.41, 5.74) is 10.6. The quantitative estimate of drug-likeness (QED) is 0.851. The molecule has 0 radical (unpaired) electrons. The molecule has 0 atom stereocenters. The number of anilines is 2. The second kappa shape index (κ2) is 5.31. The lowest BCUT2D eigenvalue weighted by Crippen LogP contribution is -2.16. The fourth-order valence-electron chi connectivity index (χ4n) is 2.30. The Morgan fingerprint density at radius 3 is 2.21 bits per heavy atom. The SMILES string of the molecule is Cc1cc(C)cc(N(C)Cc2cc(N)cc(F)c2)c1. The van der Waals surface area contributed by atoms with Crippen molar-refractivity contribution in [3.05, 3.63) is 58.9 Å². The normalized spacial score (nSPS) is 10.5. The topological polar surface area (TPSA) is 29.3 Å². The Kier molecular flexibility index (Phi) is 3.74. The van der Waals surface area contributed by atoms with Gasteiger partial charge in [-0.15, -0.1) is 0 Å². The number of aryl methyl sites for hydroxylation is 2. The van der Waals surface area contributed by atoms with Crippen LogP contribution in [0.4, 0.5) is 15.8 Å². The van der Waals surface area contributed by atoms with E-state index < -0.39 is 0 Å². The minimum Gasteiger partial charge on any atom is -0.399 e. The number of nitrogen functional groups attached to an aromatic ring is 1.